The van der Waals surface area contributed by atoms with Crippen molar-refractivity contribution in [1.82, 2.24) is 15.5 Å². The van der Waals surface area contributed by atoms with Gasteiger partial charge in [0.05, 0.1) is 36.8 Å². The lowest BCUT2D eigenvalue weighted by Gasteiger charge is -2.44. The van der Waals surface area contributed by atoms with E-state index in [2.05, 4.69) is 10.6 Å². The molecule has 3 amide bonds. The molecular weight excluding hydrogens is 632 g/mol. The fourth-order valence-electron chi connectivity index (χ4n) is 5.58. The molecule has 3 atom stereocenters. The van der Waals surface area contributed by atoms with Crippen LogP contribution in [0.5, 0.6) is 5.75 Å². The van der Waals surface area contributed by atoms with Gasteiger partial charge in [-0.05, 0) is 66.4 Å². The SMILES string of the molecule is COCCNC(=O)C1c2ccccc2C(=O)N(C(C)C(=O)NCCc2cccc(OC)c2)C1c1cc(C(F)(F)F)cc(C(F)(F)F)c1. The quantitative estimate of drug-likeness (QED) is 0.208. The van der Waals surface area contributed by atoms with Crippen molar-refractivity contribution in [3.05, 3.63) is 100 Å². The van der Waals surface area contributed by atoms with Crippen LogP contribution in [0, 0.1) is 0 Å². The first-order valence-electron chi connectivity index (χ1n) is 14.6. The molecule has 0 spiro atoms. The summed E-state index contributed by atoms with van der Waals surface area (Å²) >= 11 is 0. The number of nitrogens with zero attached hydrogens (tertiary/aromatic N) is 1. The van der Waals surface area contributed by atoms with Gasteiger partial charge in [-0.1, -0.05) is 30.3 Å². The summed E-state index contributed by atoms with van der Waals surface area (Å²) in [5.74, 6) is -3.25. The summed E-state index contributed by atoms with van der Waals surface area (Å²) in [7, 11) is 2.88. The van der Waals surface area contributed by atoms with Gasteiger partial charge in [-0.15, -0.1) is 0 Å². The van der Waals surface area contributed by atoms with Crippen molar-refractivity contribution in [2.24, 2.45) is 0 Å². The van der Waals surface area contributed by atoms with Gasteiger partial charge in [0, 0.05) is 25.8 Å². The summed E-state index contributed by atoms with van der Waals surface area (Å²) in [6.45, 7) is 1.41. The highest BCUT2D eigenvalue weighted by Crippen LogP contribution is 2.46. The Bertz CT molecular complexity index is 1580. The lowest BCUT2D eigenvalue weighted by molar-refractivity contribution is -0.143. The van der Waals surface area contributed by atoms with Crippen LogP contribution in [0.2, 0.25) is 0 Å². The van der Waals surface area contributed by atoms with Crippen LogP contribution in [0.4, 0.5) is 26.3 Å². The Morgan fingerprint density at radius 2 is 1.53 bits per heavy atom. The molecular formula is C33H33F6N3O5. The van der Waals surface area contributed by atoms with Gasteiger partial charge in [-0.3, -0.25) is 14.4 Å². The minimum Gasteiger partial charge on any atom is -0.497 e. The van der Waals surface area contributed by atoms with E-state index < -0.39 is 64.8 Å². The number of nitrogens with one attached hydrogen (secondary N) is 2. The van der Waals surface area contributed by atoms with Crippen LogP contribution in [-0.4, -0.2) is 62.6 Å². The lowest BCUT2D eigenvalue weighted by Crippen LogP contribution is -2.55. The van der Waals surface area contributed by atoms with Crippen molar-refractivity contribution in [3.63, 3.8) is 0 Å². The third-order valence-corrected chi connectivity index (χ3v) is 7.86. The number of ether oxygens (including phenoxy) is 2. The molecule has 252 valence electrons. The predicted octanol–water partition coefficient (Wildman–Crippen LogP) is 5.52. The molecule has 0 aliphatic carbocycles. The highest BCUT2D eigenvalue weighted by atomic mass is 19.4. The number of rotatable bonds is 11. The first-order chi connectivity index (χ1) is 22.2. The fourth-order valence-corrected chi connectivity index (χ4v) is 5.58. The minimum absolute atomic E-state index is 0.0188. The molecule has 1 aliphatic rings. The molecule has 0 radical (unpaired) electrons. The number of hydrogen-bond acceptors (Lipinski definition) is 5. The van der Waals surface area contributed by atoms with Crippen LogP contribution in [-0.2, 0) is 33.1 Å². The zero-order valence-corrected chi connectivity index (χ0v) is 25.7. The number of halogens is 6. The van der Waals surface area contributed by atoms with Gasteiger partial charge in [-0.2, -0.15) is 26.3 Å². The van der Waals surface area contributed by atoms with Crippen LogP contribution in [0.25, 0.3) is 0 Å². The zero-order chi connectivity index (χ0) is 34.5. The fraction of sp³-hybridized carbons (Fsp3) is 0.364. The topological polar surface area (TPSA) is 97.0 Å². The summed E-state index contributed by atoms with van der Waals surface area (Å²) in [5, 5.41) is 5.28. The average Bonchev–Trinajstić information content (AvgIpc) is 3.03. The highest BCUT2D eigenvalue weighted by molar-refractivity contribution is 6.03. The number of amides is 3. The molecule has 3 aromatic rings. The Morgan fingerprint density at radius 1 is 0.872 bits per heavy atom. The maximum Gasteiger partial charge on any atom is 0.416 e. The highest BCUT2D eigenvalue weighted by Gasteiger charge is 2.48. The van der Waals surface area contributed by atoms with Gasteiger partial charge in [0.25, 0.3) is 5.91 Å². The summed E-state index contributed by atoms with van der Waals surface area (Å²) < 4.78 is 94.0. The summed E-state index contributed by atoms with van der Waals surface area (Å²) in [6.07, 6.45) is -10.0. The Kier molecular flexibility index (Phi) is 10.8. The molecule has 0 fully saturated rings. The van der Waals surface area contributed by atoms with Crippen molar-refractivity contribution >= 4 is 17.7 Å². The molecule has 8 nitrogen and oxygen atoms in total. The van der Waals surface area contributed by atoms with Gasteiger partial charge in [-0.25, -0.2) is 0 Å². The summed E-state index contributed by atoms with van der Waals surface area (Å²) in [6, 6.07) is 10.6. The molecule has 3 aromatic carbocycles. The maximum atomic E-state index is 14.0. The first kappa shape index (κ1) is 35.3. The number of carbonyl (C=O) groups excluding carboxylic acids is 3. The van der Waals surface area contributed by atoms with Crippen molar-refractivity contribution in [2.75, 3.05) is 33.9 Å². The lowest BCUT2D eigenvalue weighted by atomic mass is 9.77. The second-order valence-corrected chi connectivity index (χ2v) is 10.9. The van der Waals surface area contributed by atoms with E-state index in [1.807, 2.05) is 0 Å². The smallest absolute Gasteiger partial charge is 0.416 e. The number of alkyl halides is 6. The Hall–Kier alpha value is -4.59. The van der Waals surface area contributed by atoms with Crippen LogP contribution < -0.4 is 15.4 Å². The standard InChI is InChI=1S/C33H33F6N3O5/c1-19(29(43)40-12-11-20-7-6-8-24(15-20)47-3)42-28(21-16-22(32(34,35)36)18-23(17-21)33(37,38)39)27(30(44)41-13-14-46-2)25-9-4-5-10-26(25)31(42)45/h4-10,15-19,27-28H,11-14H2,1-3H3,(H,40,43)(H,41,44). The second-order valence-electron chi connectivity index (χ2n) is 10.9. The minimum atomic E-state index is -5.20. The first-order valence-corrected chi connectivity index (χ1v) is 14.6. The zero-order valence-electron chi connectivity index (χ0n) is 25.7. The molecule has 3 unspecified atom stereocenters. The normalized spacial score (nSPS) is 17.1. The third kappa shape index (κ3) is 8.05. The summed E-state index contributed by atoms with van der Waals surface area (Å²) in [4.78, 5) is 42.2. The van der Waals surface area contributed by atoms with E-state index in [1.54, 1.807) is 24.3 Å². The van der Waals surface area contributed by atoms with Gasteiger partial charge in [0.2, 0.25) is 11.8 Å². The average molecular weight is 666 g/mol. The molecule has 0 aromatic heterocycles. The van der Waals surface area contributed by atoms with Crippen molar-refractivity contribution in [2.45, 2.75) is 43.7 Å². The maximum absolute atomic E-state index is 14.0. The van der Waals surface area contributed by atoms with E-state index in [1.165, 1.54) is 45.4 Å². The van der Waals surface area contributed by atoms with E-state index >= 15 is 0 Å². The number of benzene rings is 3. The van der Waals surface area contributed by atoms with Crippen LogP contribution in [0.3, 0.4) is 0 Å². The van der Waals surface area contributed by atoms with Gasteiger partial charge < -0.3 is 25.0 Å². The number of carbonyl (C=O) groups is 3. The molecule has 4 rings (SSSR count). The predicted molar refractivity (Wildman–Crippen MR) is 159 cm³/mol. The Balaban J connectivity index is 1.82. The largest absolute Gasteiger partial charge is 0.497 e. The van der Waals surface area contributed by atoms with E-state index in [4.69, 9.17) is 9.47 Å². The van der Waals surface area contributed by atoms with Crippen LogP contribution in [0.1, 0.15) is 57.1 Å². The summed E-state index contributed by atoms with van der Waals surface area (Å²) in [5.41, 5.74) is -2.97. The van der Waals surface area contributed by atoms with Gasteiger partial charge in [0.15, 0.2) is 0 Å². The van der Waals surface area contributed by atoms with E-state index in [0.29, 0.717) is 24.3 Å². The molecule has 1 heterocycles. The molecule has 0 bridgehead atoms. The number of hydrogen-bond donors (Lipinski definition) is 2. The second kappa shape index (κ2) is 14.4. The monoisotopic (exact) mass is 665 g/mol. The van der Waals surface area contributed by atoms with Gasteiger partial charge >= 0.3 is 12.4 Å². The van der Waals surface area contributed by atoms with E-state index in [-0.39, 0.29) is 36.9 Å². The van der Waals surface area contributed by atoms with Crippen LogP contribution >= 0.6 is 0 Å². The third-order valence-electron chi connectivity index (χ3n) is 7.86. The number of methoxy groups -OCH3 is 2. The Morgan fingerprint density at radius 3 is 2.15 bits per heavy atom. The molecule has 0 saturated heterocycles. The van der Waals surface area contributed by atoms with Crippen molar-refractivity contribution in [1.29, 1.82) is 0 Å². The Labute approximate surface area is 267 Å². The van der Waals surface area contributed by atoms with Gasteiger partial charge in [0.1, 0.15) is 11.8 Å². The van der Waals surface area contributed by atoms with Crippen molar-refractivity contribution in [3.8, 4) is 5.75 Å². The molecule has 0 saturated carbocycles. The molecule has 47 heavy (non-hydrogen) atoms. The van der Waals surface area contributed by atoms with Crippen molar-refractivity contribution < 1.29 is 50.2 Å². The van der Waals surface area contributed by atoms with E-state index in [9.17, 15) is 40.7 Å². The van der Waals surface area contributed by atoms with Crippen LogP contribution in [0.15, 0.2) is 66.7 Å². The molecule has 2 N–H and O–H groups in total. The van der Waals surface area contributed by atoms with E-state index in [0.717, 1.165) is 10.5 Å². The molecule has 14 heteroatoms. The molecule has 1 aliphatic heterocycles. The number of fused-ring (bicyclic) bond motifs is 1.